The molecule has 1 aliphatic heterocycles. The standard InChI is InChI=1S/C13H29N3O2S/c1-13(2)12-16(11-7-8-14)19(17,18)15-9-5-3-4-6-10-15/h13H,3-12,14H2,1-2H3. The van der Waals surface area contributed by atoms with Gasteiger partial charge in [-0.3, -0.25) is 0 Å². The van der Waals surface area contributed by atoms with Crippen molar-refractivity contribution >= 4 is 10.2 Å². The van der Waals surface area contributed by atoms with Crippen molar-refractivity contribution in [3.63, 3.8) is 0 Å². The molecule has 6 heteroatoms. The quantitative estimate of drug-likeness (QED) is 0.771. The van der Waals surface area contributed by atoms with E-state index in [0.29, 0.717) is 38.6 Å². The van der Waals surface area contributed by atoms with E-state index in [4.69, 9.17) is 5.73 Å². The lowest BCUT2D eigenvalue weighted by Crippen LogP contribution is -2.46. The normalized spacial score (nSPS) is 19.0. The first kappa shape index (κ1) is 16.9. The second-order valence-corrected chi connectivity index (χ2v) is 7.64. The molecule has 0 unspecified atom stereocenters. The lowest BCUT2D eigenvalue weighted by Gasteiger charge is -2.30. The second kappa shape index (κ2) is 8.19. The van der Waals surface area contributed by atoms with E-state index in [0.717, 1.165) is 32.1 Å². The first-order chi connectivity index (χ1) is 8.98. The minimum absolute atomic E-state index is 0.333. The molecule has 1 saturated heterocycles. The first-order valence-electron chi connectivity index (χ1n) is 7.43. The zero-order valence-corrected chi connectivity index (χ0v) is 13.2. The number of hydrogen-bond acceptors (Lipinski definition) is 3. The zero-order valence-electron chi connectivity index (χ0n) is 12.3. The Morgan fingerprint density at radius 3 is 2.21 bits per heavy atom. The average molecular weight is 291 g/mol. The van der Waals surface area contributed by atoms with Crippen molar-refractivity contribution in [3.8, 4) is 0 Å². The molecule has 5 nitrogen and oxygen atoms in total. The van der Waals surface area contributed by atoms with Crippen molar-refractivity contribution in [1.82, 2.24) is 8.61 Å². The molecule has 1 aliphatic rings. The van der Waals surface area contributed by atoms with Crippen LogP contribution in [0.5, 0.6) is 0 Å². The minimum atomic E-state index is -3.30. The third-order valence-electron chi connectivity index (χ3n) is 3.40. The molecule has 1 fully saturated rings. The van der Waals surface area contributed by atoms with Crippen molar-refractivity contribution < 1.29 is 8.42 Å². The number of hydrogen-bond donors (Lipinski definition) is 1. The molecule has 0 aromatic rings. The van der Waals surface area contributed by atoms with Crippen molar-refractivity contribution in [2.45, 2.75) is 46.0 Å². The highest BCUT2D eigenvalue weighted by atomic mass is 32.2. The fourth-order valence-electron chi connectivity index (χ4n) is 2.41. The smallest absolute Gasteiger partial charge is 0.281 e. The highest BCUT2D eigenvalue weighted by Gasteiger charge is 2.29. The molecule has 114 valence electrons. The van der Waals surface area contributed by atoms with E-state index in [2.05, 4.69) is 0 Å². The highest BCUT2D eigenvalue weighted by molar-refractivity contribution is 7.86. The Morgan fingerprint density at radius 2 is 1.74 bits per heavy atom. The second-order valence-electron chi connectivity index (χ2n) is 5.72. The Hall–Kier alpha value is -0.170. The summed E-state index contributed by atoms with van der Waals surface area (Å²) in [7, 11) is -3.30. The van der Waals surface area contributed by atoms with Crippen molar-refractivity contribution in [2.75, 3.05) is 32.7 Å². The molecular weight excluding hydrogens is 262 g/mol. The molecule has 1 rings (SSSR count). The van der Waals surface area contributed by atoms with Crippen LogP contribution in [-0.2, 0) is 10.2 Å². The van der Waals surface area contributed by atoms with Crippen LogP contribution in [0.15, 0.2) is 0 Å². The van der Waals surface area contributed by atoms with E-state index in [1.165, 1.54) is 0 Å². The van der Waals surface area contributed by atoms with Crippen molar-refractivity contribution in [1.29, 1.82) is 0 Å². The molecule has 0 aromatic heterocycles. The van der Waals surface area contributed by atoms with Gasteiger partial charge in [-0.1, -0.05) is 26.7 Å². The number of rotatable bonds is 7. The van der Waals surface area contributed by atoms with Crippen molar-refractivity contribution in [3.05, 3.63) is 0 Å². The van der Waals surface area contributed by atoms with E-state index < -0.39 is 10.2 Å². The van der Waals surface area contributed by atoms with Gasteiger partial charge in [-0.05, 0) is 31.7 Å². The summed E-state index contributed by atoms with van der Waals surface area (Å²) in [5.41, 5.74) is 5.52. The molecule has 0 atom stereocenters. The first-order valence-corrected chi connectivity index (χ1v) is 8.83. The molecule has 19 heavy (non-hydrogen) atoms. The van der Waals surface area contributed by atoms with Gasteiger partial charge in [0.15, 0.2) is 0 Å². The molecule has 0 spiro atoms. The van der Waals surface area contributed by atoms with Gasteiger partial charge in [-0.15, -0.1) is 0 Å². The maximum Gasteiger partial charge on any atom is 0.281 e. The predicted octanol–water partition coefficient (Wildman–Crippen LogP) is 1.41. The molecule has 0 aliphatic carbocycles. The topological polar surface area (TPSA) is 66.6 Å². The van der Waals surface area contributed by atoms with Gasteiger partial charge in [0.2, 0.25) is 0 Å². The monoisotopic (exact) mass is 291 g/mol. The summed E-state index contributed by atoms with van der Waals surface area (Å²) in [6, 6.07) is 0. The van der Waals surface area contributed by atoms with Gasteiger partial charge in [-0.25, -0.2) is 0 Å². The van der Waals surface area contributed by atoms with Gasteiger partial charge in [0.05, 0.1) is 0 Å². The molecule has 1 heterocycles. The lowest BCUT2D eigenvalue weighted by molar-refractivity contribution is 0.316. The maximum atomic E-state index is 12.7. The summed E-state index contributed by atoms with van der Waals surface area (Å²) in [5.74, 6) is 0.333. The van der Waals surface area contributed by atoms with Gasteiger partial charge in [0.1, 0.15) is 0 Å². The Morgan fingerprint density at radius 1 is 1.16 bits per heavy atom. The summed E-state index contributed by atoms with van der Waals surface area (Å²) in [6.07, 6.45) is 4.95. The summed E-state index contributed by atoms with van der Waals surface area (Å²) in [6.45, 7) is 7.08. The molecule has 0 aromatic carbocycles. The van der Waals surface area contributed by atoms with E-state index >= 15 is 0 Å². The largest absolute Gasteiger partial charge is 0.330 e. The van der Waals surface area contributed by atoms with Crippen LogP contribution in [0.1, 0.15) is 46.0 Å². The Kier molecular flexibility index (Phi) is 7.28. The molecule has 0 saturated carbocycles. The van der Waals surface area contributed by atoms with Crippen LogP contribution in [0.25, 0.3) is 0 Å². The molecular formula is C13H29N3O2S. The summed E-state index contributed by atoms with van der Waals surface area (Å²) in [5, 5.41) is 0. The summed E-state index contributed by atoms with van der Waals surface area (Å²) in [4.78, 5) is 0. The van der Waals surface area contributed by atoms with Gasteiger partial charge in [0.25, 0.3) is 10.2 Å². The van der Waals surface area contributed by atoms with Gasteiger partial charge in [0, 0.05) is 26.2 Å². The van der Waals surface area contributed by atoms with Crippen molar-refractivity contribution in [2.24, 2.45) is 11.7 Å². The van der Waals surface area contributed by atoms with Crippen LogP contribution < -0.4 is 5.73 Å². The van der Waals surface area contributed by atoms with E-state index in [9.17, 15) is 8.42 Å². The van der Waals surface area contributed by atoms with Gasteiger partial charge < -0.3 is 5.73 Å². The molecule has 2 N–H and O–H groups in total. The predicted molar refractivity (Wildman–Crippen MR) is 79.0 cm³/mol. The third-order valence-corrected chi connectivity index (χ3v) is 5.40. The van der Waals surface area contributed by atoms with Crippen LogP contribution in [-0.4, -0.2) is 49.8 Å². The zero-order chi connectivity index (χ0) is 14.3. The lowest BCUT2D eigenvalue weighted by atomic mass is 10.2. The Labute approximate surface area is 118 Å². The maximum absolute atomic E-state index is 12.7. The number of nitrogens with zero attached hydrogens (tertiary/aromatic N) is 2. The van der Waals surface area contributed by atoms with E-state index in [1.807, 2.05) is 13.8 Å². The fourth-order valence-corrected chi connectivity index (χ4v) is 4.30. The third kappa shape index (κ3) is 5.38. The minimum Gasteiger partial charge on any atom is -0.330 e. The van der Waals surface area contributed by atoms with Crippen LogP contribution in [0.2, 0.25) is 0 Å². The SMILES string of the molecule is CC(C)CN(CCCN)S(=O)(=O)N1CCCCCC1. The highest BCUT2D eigenvalue weighted by Crippen LogP contribution is 2.17. The van der Waals surface area contributed by atoms with E-state index in [1.54, 1.807) is 8.61 Å². The van der Waals surface area contributed by atoms with Gasteiger partial charge >= 0.3 is 0 Å². The van der Waals surface area contributed by atoms with Crippen LogP contribution in [0.3, 0.4) is 0 Å². The summed E-state index contributed by atoms with van der Waals surface area (Å²) >= 11 is 0. The van der Waals surface area contributed by atoms with Crippen LogP contribution in [0.4, 0.5) is 0 Å². The number of nitrogens with two attached hydrogens (primary N) is 1. The molecule has 0 amide bonds. The summed E-state index contributed by atoms with van der Waals surface area (Å²) < 4.78 is 28.7. The fraction of sp³-hybridized carbons (Fsp3) is 1.00. The Balaban J connectivity index is 2.77. The average Bonchev–Trinajstić information content (AvgIpc) is 2.63. The van der Waals surface area contributed by atoms with Crippen LogP contribution in [0, 0.1) is 5.92 Å². The van der Waals surface area contributed by atoms with Crippen LogP contribution >= 0.6 is 0 Å². The molecule has 0 bridgehead atoms. The van der Waals surface area contributed by atoms with Gasteiger partial charge in [-0.2, -0.15) is 17.0 Å². The van der Waals surface area contributed by atoms with E-state index in [-0.39, 0.29) is 0 Å². The Bertz CT molecular complexity index is 336. The molecule has 0 radical (unpaired) electrons.